The molecule has 1 atom stereocenters. The molecule has 0 aliphatic heterocycles. The molecule has 0 fully saturated rings. The molecule has 1 aromatic carbocycles. The van der Waals surface area contributed by atoms with Gasteiger partial charge in [0.1, 0.15) is 18.3 Å². The van der Waals surface area contributed by atoms with Gasteiger partial charge in [0.15, 0.2) is 0 Å². The maximum absolute atomic E-state index is 12.9. The fourth-order valence-corrected chi connectivity index (χ4v) is 2.92. The third kappa shape index (κ3) is 6.45. The van der Waals surface area contributed by atoms with Gasteiger partial charge in [0.25, 0.3) is 23.3 Å². The Kier molecular flexibility index (Phi) is 8.96. The molecule has 0 saturated carbocycles. The summed E-state index contributed by atoms with van der Waals surface area (Å²) in [4.78, 5) is 61.9. The smallest absolute Gasteiger partial charge is 0.327 e. The standard InChI is InChI=1S/C22H24ClN5O6/c1-4-18(29)28(12-19(30)34-5-2)26-20(31)13(3)27-10-6-7-17(22(27)33)25-21(32)14-8-9-16(24)15(23)11-14/h4,6-11,13H,1,5,12,24H2,2-3H3,(H,25,32)(H,26,31). The molecule has 0 bridgehead atoms. The second-order valence-corrected chi connectivity index (χ2v) is 7.32. The summed E-state index contributed by atoms with van der Waals surface area (Å²) >= 11 is 5.94. The third-order valence-corrected chi connectivity index (χ3v) is 4.89. The zero-order chi connectivity index (χ0) is 25.4. The molecule has 2 rings (SSSR count). The predicted molar refractivity (Wildman–Crippen MR) is 126 cm³/mol. The number of carbonyl (C=O) groups is 4. The van der Waals surface area contributed by atoms with Gasteiger partial charge < -0.3 is 20.4 Å². The van der Waals surface area contributed by atoms with E-state index in [-0.39, 0.29) is 22.9 Å². The Labute approximate surface area is 200 Å². The molecular weight excluding hydrogens is 466 g/mol. The van der Waals surface area contributed by atoms with Crippen LogP contribution in [0.15, 0.2) is 54.0 Å². The van der Waals surface area contributed by atoms with Crippen LogP contribution in [0.3, 0.4) is 0 Å². The Morgan fingerprint density at radius 2 is 2.00 bits per heavy atom. The highest BCUT2D eigenvalue weighted by Gasteiger charge is 2.23. The molecule has 1 heterocycles. The largest absolute Gasteiger partial charge is 0.465 e. The van der Waals surface area contributed by atoms with Crippen LogP contribution in [0.4, 0.5) is 11.4 Å². The number of benzene rings is 1. The van der Waals surface area contributed by atoms with E-state index in [1.807, 2.05) is 0 Å². The van der Waals surface area contributed by atoms with Gasteiger partial charge in [-0.05, 0) is 50.3 Å². The summed E-state index contributed by atoms with van der Waals surface area (Å²) in [6.07, 6.45) is 2.25. The van der Waals surface area contributed by atoms with Crippen molar-refractivity contribution in [3.05, 3.63) is 70.1 Å². The highest BCUT2D eigenvalue weighted by atomic mass is 35.5. The van der Waals surface area contributed by atoms with Crippen molar-refractivity contribution >= 4 is 46.7 Å². The lowest BCUT2D eigenvalue weighted by Crippen LogP contribution is -2.50. The predicted octanol–water partition coefficient (Wildman–Crippen LogP) is 1.51. The maximum atomic E-state index is 12.9. The fraction of sp³-hybridized carbons (Fsp3) is 0.227. The van der Waals surface area contributed by atoms with Gasteiger partial charge in [-0.15, -0.1) is 0 Å². The molecule has 0 aliphatic rings. The Hall–Kier alpha value is -4.12. The summed E-state index contributed by atoms with van der Waals surface area (Å²) in [6.45, 7) is 5.87. The first-order valence-corrected chi connectivity index (χ1v) is 10.4. The van der Waals surface area contributed by atoms with Gasteiger partial charge in [-0.25, -0.2) is 5.01 Å². The van der Waals surface area contributed by atoms with Crippen molar-refractivity contribution in [2.45, 2.75) is 19.9 Å². The van der Waals surface area contributed by atoms with Crippen molar-refractivity contribution < 1.29 is 23.9 Å². The first-order chi connectivity index (χ1) is 16.1. The van der Waals surface area contributed by atoms with Gasteiger partial charge >= 0.3 is 5.97 Å². The summed E-state index contributed by atoms with van der Waals surface area (Å²) in [5, 5.41) is 3.39. The number of pyridine rings is 1. The molecular formula is C22H24ClN5O6. The molecule has 34 heavy (non-hydrogen) atoms. The van der Waals surface area contributed by atoms with Gasteiger partial charge in [0.05, 0.1) is 17.3 Å². The lowest BCUT2D eigenvalue weighted by atomic mass is 10.2. The van der Waals surface area contributed by atoms with E-state index >= 15 is 0 Å². The fourth-order valence-electron chi connectivity index (χ4n) is 2.74. The number of nitrogens with one attached hydrogen (secondary N) is 2. The first kappa shape index (κ1) is 26.1. The number of esters is 1. The monoisotopic (exact) mass is 489 g/mol. The van der Waals surface area contributed by atoms with Crippen LogP contribution in [0.2, 0.25) is 5.02 Å². The molecule has 0 spiro atoms. The lowest BCUT2D eigenvalue weighted by molar-refractivity contribution is -0.151. The van der Waals surface area contributed by atoms with Crippen LogP contribution in [0.1, 0.15) is 30.2 Å². The first-order valence-electron chi connectivity index (χ1n) is 10.1. The van der Waals surface area contributed by atoms with Crippen molar-refractivity contribution in [3.63, 3.8) is 0 Å². The van der Waals surface area contributed by atoms with E-state index in [9.17, 15) is 24.0 Å². The van der Waals surface area contributed by atoms with E-state index in [1.165, 1.54) is 43.5 Å². The number of hydrazine groups is 1. The average molecular weight is 490 g/mol. The summed E-state index contributed by atoms with van der Waals surface area (Å²) in [7, 11) is 0. The van der Waals surface area contributed by atoms with Crippen molar-refractivity contribution in [1.82, 2.24) is 15.0 Å². The van der Waals surface area contributed by atoms with Gasteiger partial charge in [-0.3, -0.25) is 29.4 Å². The normalized spacial score (nSPS) is 11.1. The Morgan fingerprint density at radius 1 is 1.29 bits per heavy atom. The zero-order valence-electron chi connectivity index (χ0n) is 18.5. The number of aromatic nitrogens is 1. The Morgan fingerprint density at radius 3 is 2.62 bits per heavy atom. The molecule has 12 heteroatoms. The van der Waals surface area contributed by atoms with Gasteiger partial charge in [-0.2, -0.15) is 0 Å². The second-order valence-electron chi connectivity index (χ2n) is 6.91. The topological polar surface area (TPSA) is 153 Å². The molecule has 2 aromatic rings. The van der Waals surface area contributed by atoms with Crippen LogP contribution >= 0.6 is 11.6 Å². The zero-order valence-corrected chi connectivity index (χ0v) is 19.3. The summed E-state index contributed by atoms with van der Waals surface area (Å²) < 4.78 is 5.84. The number of nitrogen functional groups attached to an aromatic ring is 1. The van der Waals surface area contributed by atoms with Crippen LogP contribution < -0.4 is 22.0 Å². The van der Waals surface area contributed by atoms with Crippen molar-refractivity contribution in [2.24, 2.45) is 0 Å². The number of hydrogen-bond donors (Lipinski definition) is 3. The number of nitrogens with two attached hydrogens (primary N) is 1. The number of rotatable bonds is 8. The number of nitrogens with zero attached hydrogens (tertiary/aromatic N) is 2. The van der Waals surface area contributed by atoms with Crippen molar-refractivity contribution in [3.8, 4) is 0 Å². The van der Waals surface area contributed by atoms with E-state index in [0.717, 1.165) is 15.7 Å². The number of ether oxygens (including phenoxy) is 1. The number of hydrogen-bond acceptors (Lipinski definition) is 7. The molecule has 0 saturated heterocycles. The maximum Gasteiger partial charge on any atom is 0.327 e. The SMILES string of the molecule is C=CC(=O)N(CC(=O)OCC)NC(=O)C(C)n1cccc(NC(=O)c2ccc(N)c(Cl)c2)c1=O. The third-order valence-electron chi connectivity index (χ3n) is 4.56. The molecule has 1 aromatic heterocycles. The van der Waals surface area contributed by atoms with E-state index in [4.69, 9.17) is 22.1 Å². The van der Waals surface area contributed by atoms with Crippen molar-refractivity contribution in [2.75, 3.05) is 24.2 Å². The van der Waals surface area contributed by atoms with Crippen LogP contribution in [-0.4, -0.2) is 46.4 Å². The van der Waals surface area contributed by atoms with Crippen LogP contribution in [0.25, 0.3) is 0 Å². The molecule has 1 unspecified atom stereocenters. The number of amides is 3. The van der Waals surface area contributed by atoms with Crippen LogP contribution in [-0.2, 0) is 19.1 Å². The minimum atomic E-state index is -1.11. The van der Waals surface area contributed by atoms with E-state index in [1.54, 1.807) is 6.92 Å². The van der Waals surface area contributed by atoms with E-state index < -0.39 is 41.8 Å². The van der Waals surface area contributed by atoms with Crippen LogP contribution in [0.5, 0.6) is 0 Å². The highest BCUT2D eigenvalue weighted by molar-refractivity contribution is 6.33. The van der Waals surface area contributed by atoms with Crippen LogP contribution in [0, 0.1) is 0 Å². The summed E-state index contributed by atoms with van der Waals surface area (Å²) in [5.74, 6) is -2.86. The van der Waals surface area contributed by atoms with Gasteiger partial charge in [0, 0.05) is 11.8 Å². The quantitative estimate of drug-likeness (QED) is 0.220. The van der Waals surface area contributed by atoms with Gasteiger partial charge in [0.2, 0.25) is 0 Å². The van der Waals surface area contributed by atoms with Crippen molar-refractivity contribution in [1.29, 1.82) is 0 Å². The minimum absolute atomic E-state index is 0.0920. The van der Waals surface area contributed by atoms with E-state index in [2.05, 4.69) is 17.3 Å². The summed E-state index contributed by atoms with van der Waals surface area (Å²) in [6, 6.07) is 5.98. The molecule has 0 radical (unpaired) electrons. The van der Waals surface area contributed by atoms with Gasteiger partial charge in [-0.1, -0.05) is 18.2 Å². The Balaban J connectivity index is 2.21. The average Bonchev–Trinajstić information content (AvgIpc) is 2.80. The molecule has 11 nitrogen and oxygen atoms in total. The number of carbonyl (C=O) groups excluding carboxylic acids is 4. The Bertz CT molecular complexity index is 1180. The minimum Gasteiger partial charge on any atom is -0.465 e. The number of halogens is 1. The molecule has 0 aliphatic carbocycles. The van der Waals surface area contributed by atoms with E-state index in [0.29, 0.717) is 5.69 Å². The molecule has 3 amide bonds. The molecule has 4 N–H and O–H groups in total. The summed E-state index contributed by atoms with van der Waals surface area (Å²) in [5.41, 5.74) is 7.63. The molecule has 180 valence electrons. The number of anilines is 2. The lowest BCUT2D eigenvalue weighted by Gasteiger charge is -2.24. The second kappa shape index (κ2) is 11.7. The highest BCUT2D eigenvalue weighted by Crippen LogP contribution is 2.20.